The maximum Gasteiger partial charge on any atom is 0.182 e. The van der Waals surface area contributed by atoms with Gasteiger partial charge in [-0.2, -0.15) is 0 Å². The summed E-state index contributed by atoms with van der Waals surface area (Å²) in [7, 11) is 1.64. The Morgan fingerprint density at radius 3 is 2.75 bits per heavy atom. The molecule has 0 radical (unpaired) electrons. The first-order valence-corrected chi connectivity index (χ1v) is 6.94. The molecule has 102 valence electrons. The number of ether oxygens (including phenoxy) is 1. The number of H-pyrrole nitrogens is 1. The quantitative estimate of drug-likeness (QED) is 0.698. The highest BCUT2D eigenvalue weighted by molar-refractivity contribution is 7.71. The first-order valence-electron chi connectivity index (χ1n) is 6.16. The fourth-order valence-electron chi connectivity index (χ4n) is 2.25. The summed E-state index contributed by atoms with van der Waals surface area (Å²) >= 11 is 11.6. The number of nitrogens with one attached hydrogen (secondary N) is 1. The summed E-state index contributed by atoms with van der Waals surface area (Å²) in [5.74, 6) is 0.769. The van der Waals surface area contributed by atoms with Crippen LogP contribution in [0.25, 0.3) is 16.7 Å². The van der Waals surface area contributed by atoms with E-state index in [-0.39, 0.29) is 0 Å². The van der Waals surface area contributed by atoms with Gasteiger partial charge >= 0.3 is 0 Å². The second-order valence-electron chi connectivity index (χ2n) is 4.55. The number of aryl methyl sites for hydroxylation is 1. The highest BCUT2D eigenvalue weighted by Crippen LogP contribution is 2.28. The number of aromatic nitrogens is 2. The Bertz CT molecular complexity index is 851. The number of nitrogens with zero attached hydrogens (tertiary/aromatic N) is 1. The molecule has 0 aliphatic carbocycles. The zero-order valence-corrected chi connectivity index (χ0v) is 12.7. The molecule has 0 amide bonds. The van der Waals surface area contributed by atoms with Crippen LogP contribution in [0.1, 0.15) is 5.56 Å². The molecular weight excluding hydrogens is 292 g/mol. The molecule has 1 N–H and O–H groups in total. The lowest BCUT2D eigenvalue weighted by Gasteiger charge is -2.07. The molecule has 0 bridgehead atoms. The molecule has 3 rings (SSSR count). The van der Waals surface area contributed by atoms with Crippen molar-refractivity contribution in [3.63, 3.8) is 0 Å². The van der Waals surface area contributed by atoms with Crippen LogP contribution in [0.15, 0.2) is 36.4 Å². The van der Waals surface area contributed by atoms with Gasteiger partial charge < -0.3 is 9.72 Å². The lowest BCUT2D eigenvalue weighted by molar-refractivity contribution is 0.419. The van der Waals surface area contributed by atoms with Crippen LogP contribution < -0.4 is 4.74 Å². The third-order valence-corrected chi connectivity index (χ3v) is 4.01. The van der Waals surface area contributed by atoms with Crippen LogP contribution in [-0.2, 0) is 0 Å². The van der Waals surface area contributed by atoms with Gasteiger partial charge in [-0.3, -0.25) is 4.57 Å². The molecule has 2 aromatic carbocycles. The van der Waals surface area contributed by atoms with Gasteiger partial charge in [0.25, 0.3) is 0 Å². The molecule has 0 aliphatic rings. The van der Waals surface area contributed by atoms with Gasteiger partial charge in [-0.05, 0) is 49.0 Å². The predicted octanol–water partition coefficient (Wildman–Crippen LogP) is 4.66. The number of rotatable bonds is 2. The Labute approximate surface area is 126 Å². The van der Waals surface area contributed by atoms with E-state index in [1.807, 2.05) is 47.9 Å². The van der Waals surface area contributed by atoms with Gasteiger partial charge in [-0.25, -0.2) is 0 Å². The van der Waals surface area contributed by atoms with Crippen molar-refractivity contribution >= 4 is 34.9 Å². The van der Waals surface area contributed by atoms with E-state index in [2.05, 4.69) is 4.98 Å². The Balaban J connectivity index is 2.33. The minimum absolute atomic E-state index is 0.615. The number of hydrogen-bond donors (Lipinski definition) is 1. The molecule has 0 atom stereocenters. The fourth-order valence-corrected chi connectivity index (χ4v) is 2.73. The van der Waals surface area contributed by atoms with Gasteiger partial charge in [0, 0.05) is 10.7 Å². The van der Waals surface area contributed by atoms with Crippen LogP contribution in [0, 0.1) is 11.7 Å². The van der Waals surface area contributed by atoms with Crippen molar-refractivity contribution in [2.45, 2.75) is 6.92 Å². The van der Waals surface area contributed by atoms with Crippen molar-refractivity contribution in [2.24, 2.45) is 0 Å². The molecule has 1 aromatic heterocycles. The van der Waals surface area contributed by atoms with E-state index in [1.54, 1.807) is 7.11 Å². The summed E-state index contributed by atoms with van der Waals surface area (Å²) in [5.41, 5.74) is 3.83. The van der Waals surface area contributed by atoms with Crippen molar-refractivity contribution in [3.05, 3.63) is 51.8 Å². The second-order valence-corrected chi connectivity index (χ2v) is 5.35. The van der Waals surface area contributed by atoms with Gasteiger partial charge in [0.05, 0.1) is 12.6 Å². The Hall–Kier alpha value is -1.78. The minimum Gasteiger partial charge on any atom is -0.494 e. The molecule has 0 unspecified atom stereocenters. The van der Waals surface area contributed by atoms with Crippen LogP contribution in [0.5, 0.6) is 5.75 Å². The maximum absolute atomic E-state index is 6.21. The number of halogens is 1. The number of fused-ring (bicyclic) bond motifs is 1. The molecule has 0 aliphatic heterocycles. The molecule has 1 heterocycles. The van der Waals surface area contributed by atoms with Gasteiger partial charge in [0.1, 0.15) is 11.3 Å². The van der Waals surface area contributed by atoms with E-state index in [1.165, 1.54) is 0 Å². The van der Waals surface area contributed by atoms with Crippen LogP contribution in [0.3, 0.4) is 0 Å². The SMILES string of the molecule is COc1cccc2c1[nH]c(=S)n2-c1ccc(C)c(Cl)c1. The van der Waals surface area contributed by atoms with Crippen molar-refractivity contribution < 1.29 is 4.74 Å². The van der Waals surface area contributed by atoms with E-state index >= 15 is 0 Å². The Kier molecular flexibility index (Phi) is 3.28. The molecule has 5 heteroatoms. The van der Waals surface area contributed by atoms with Gasteiger partial charge in [0.15, 0.2) is 4.77 Å². The monoisotopic (exact) mass is 304 g/mol. The summed E-state index contributed by atoms with van der Waals surface area (Å²) < 4.78 is 7.93. The summed E-state index contributed by atoms with van der Waals surface area (Å²) in [4.78, 5) is 3.19. The molecule has 0 fully saturated rings. The number of hydrogen-bond acceptors (Lipinski definition) is 2. The van der Waals surface area contributed by atoms with E-state index < -0.39 is 0 Å². The summed E-state index contributed by atoms with van der Waals surface area (Å²) in [5, 5.41) is 0.724. The second kappa shape index (κ2) is 4.96. The average molecular weight is 305 g/mol. The number of methoxy groups -OCH3 is 1. The van der Waals surface area contributed by atoms with Crippen molar-refractivity contribution in [1.29, 1.82) is 0 Å². The van der Waals surface area contributed by atoms with Crippen molar-refractivity contribution in [1.82, 2.24) is 9.55 Å². The number of imidazole rings is 1. The fraction of sp³-hybridized carbons (Fsp3) is 0.133. The van der Waals surface area contributed by atoms with Gasteiger partial charge in [-0.1, -0.05) is 23.7 Å². The first kappa shape index (κ1) is 13.2. The molecular formula is C15H13ClN2OS. The van der Waals surface area contributed by atoms with Crippen LogP contribution in [0.2, 0.25) is 5.02 Å². The highest BCUT2D eigenvalue weighted by Gasteiger charge is 2.10. The van der Waals surface area contributed by atoms with Crippen molar-refractivity contribution in [2.75, 3.05) is 7.11 Å². The smallest absolute Gasteiger partial charge is 0.182 e. The summed E-state index contributed by atoms with van der Waals surface area (Å²) in [6.45, 7) is 1.98. The molecule has 0 spiro atoms. The van der Waals surface area contributed by atoms with Crippen molar-refractivity contribution in [3.8, 4) is 11.4 Å². The number of aromatic amines is 1. The summed E-state index contributed by atoms with van der Waals surface area (Å²) in [6.07, 6.45) is 0. The lowest BCUT2D eigenvalue weighted by Crippen LogP contribution is -1.94. The van der Waals surface area contributed by atoms with E-state index in [0.29, 0.717) is 4.77 Å². The normalized spacial score (nSPS) is 10.9. The van der Waals surface area contributed by atoms with E-state index in [0.717, 1.165) is 33.1 Å². The zero-order valence-electron chi connectivity index (χ0n) is 11.1. The molecule has 3 nitrogen and oxygen atoms in total. The Morgan fingerprint density at radius 1 is 1.25 bits per heavy atom. The Morgan fingerprint density at radius 2 is 2.05 bits per heavy atom. The molecule has 20 heavy (non-hydrogen) atoms. The molecule has 3 aromatic rings. The van der Waals surface area contributed by atoms with Gasteiger partial charge in [-0.15, -0.1) is 0 Å². The van der Waals surface area contributed by atoms with Gasteiger partial charge in [0.2, 0.25) is 0 Å². The van der Waals surface area contributed by atoms with E-state index in [9.17, 15) is 0 Å². The molecule has 0 saturated carbocycles. The first-order chi connectivity index (χ1) is 9.61. The highest BCUT2D eigenvalue weighted by atomic mass is 35.5. The minimum atomic E-state index is 0.615. The lowest BCUT2D eigenvalue weighted by atomic mass is 10.2. The number of benzene rings is 2. The standard InChI is InChI=1S/C15H13ClN2OS/c1-9-6-7-10(8-11(9)16)18-12-4-3-5-13(19-2)14(12)17-15(18)20/h3-8H,1-2H3,(H,17,20). The predicted molar refractivity (Wildman–Crippen MR) is 84.8 cm³/mol. The largest absolute Gasteiger partial charge is 0.494 e. The summed E-state index contributed by atoms with van der Waals surface area (Å²) in [6, 6.07) is 11.7. The zero-order chi connectivity index (χ0) is 14.3. The third kappa shape index (κ3) is 2.01. The van der Waals surface area contributed by atoms with Crippen LogP contribution in [-0.4, -0.2) is 16.7 Å². The maximum atomic E-state index is 6.21. The molecule has 0 saturated heterocycles. The van der Waals surface area contributed by atoms with Crippen LogP contribution >= 0.6 is 23.8 Å². The topological polar surface area (TPSA) is 29.9 Å². The number of para-hydroxylation sites is 1. The van der Waals surface area contributed by atoms with E-state index in [4.69, 9.17) is 28.6 Å². The van der Waals surface area contributed by atoms with Crippen LogP contribution in [0.4, 0.5) is 0 Å². The average Bonchev–Trinajstić information content (AvgIpc) is 2.78. The third-order valence-electron chi connectivity index (χ3n) is 3.31.